The van der Waals surface area contributed by atoms with Crippen LogP contribution in [0.2, 0.25) is 0 Å². The maximum Gasteiger partial charge on any atom is 0.307 e. The Morgan fingerprint density at radius 3 is 2.13 bits per heavy atom. The third-order valence-corrected chi connectivity index (χ3v) is 11.9. The summed E-state index contributed by atoms with van der Waals surface area (Å²) in [7, 11) is -4.14. The number of carboxylic acids is 1. The fourth-order valence-electron chi connectivity index (χ4n) is 7.69. The van der Waals surface area contributed by atoms with E-state index in [0.29, 0.717) is 31.1 Å². The number of hydrogen-bond acceptors (Lipinski definition) is 7. The van der Waals surface area contributed by atoms with Crippen molar-refractivity contribution in [1.29, 1.82) is 0 Å². The lowest BCUT2D eigenvalue weighted by atomic mass is 9.84. The van der Waals surface area contributed by atoms with Crippen molar-refractivity contribution in [1.82, 2.24) is 19.2 Å². The fraction of sp³-hybridized carbons (Fsp3) is 0.439. The molecule has 1 aliphatic heterocycles. The first-order valence-corrected chi connectivity index (χ1v) is 20.0. The number of benzene rings is 3. The summed E-state index contributed by atoms with van der Waals surface area (Å²) >= 11 is 0. The molecule has 1 aromatic heterocycles. The van der Waals surface area contributed by atoms with Crippen LogP contribution in [-0.2, 0) is 28.1 Å². The molecule has 0 bridgehead atoms. The number of ether oxygens (including phenoxy) is 1. The van der Waals surface area contributed by atoms with Crippen molar-refractivity contribution in [2.24, 2.45) is 11.8 Å². The summed E-state index contributed by atoms with van der Waals surface area (Å²) in [5.41, 5.74) is 5.87. The topological polar surface area (TPSA) is 125 Å². The Kier molecular flexibility index (Phi) is 12.6. The number of piperidine rings is 1. The van der Waals surface area contributed by atoms with Gasteiger partial charge in [0.25, 0.3) is 0 Å². The maximum absolute atomic E-state index is 13.6. The number of rotatable bonds is 15. The van der Waals surface area contributed by atoms with E-state index in [2.05, 4.69) is 63.1 Å². The first-order chi connectivity index (χ1) is 25.1. The Morgan fingerprint density at radius 1 is 0.885 bits per heavy atom. The molecular formula is C41H51N5O5S. The van der Waals surface area contributed by atoms with Gasteiger partial charge in [0.15, 0.2) is 0 Å². The van der Waals surface area contributed by atoms with Crippen molar-refractivity contribution in [2.45, 2.75) is 84.3 Å². The van der Waals surface area contributed by atoms with Crippen LogP contribution in [-0.4, -0.2) is 64.4 Å². The van der Waals surface area contributed by atoms with E-state index in [-0.39, 0.29) is 31.0 Å². The molecule has 52 heavy (non-hydrogen) atoms. The number of aliphatic carboxylic acids is 1. The quantitative estimate of drug-likeness (QED) is 0.128. The van der Waals surface area contributed by atoms with Crippen molar-refractivity contribution in [3.63, 3.8) is 0 Å². The fourth-order valence-corrected chi connectivity index (χ4v) is 8.89. The van der Waals surface area contributed by atoms with Gasteiger partial charge in [-0.15, -0.1) is 0 Å². The molecule has 4 aromatic rings. The van der Waals surface area contributed by atoms with Crippen molar-refractivity contribution < 1.29 is 23.1 Å². The average Bonchev–Trinajstić information content (AvgIpc) is 3.14. The molecule has 2 atom stereocenters. The maximum atomic E-state index is 13.6. The van der Waals surface area contributed by atoms with E-state index in [9.17, 15) is 18.3 Å². The SMILES string of the molecule is Cc1cccc(C)c1-c1cc(OC[C@@H](CC2CCCCC2)N(Cc2ccccc2)Cc2ccccc2)nc(NS(=O)(=O)N2CCCC(C(=O)O)C2)n1. The first kappa shape index (κ1) is 37.4. The molecule has 1 saturated carbocycles. The summed E-state index contributed by atoms with van der Waals surface area (Å²) in [6.07, 6.45) is 8.06. The van der Waals surface area contributed by atoms with Crippen LogP contribution in [0.15, 0.2) is 84.9 Å². The van der Waals surface area contributed by atoms with Gasteiger partial charge in [-0.3, -0.25) is 9.69 Å². The summed E-state index contributed by atoms with van der Waals surface area (Å²) in [6.45, 7) is 5.99. The Balaban J connectivity index is 1.32. The van der Waals surface area contributed by atoms with Gasteiger partial charge < -0.3 is 9.84 Å². The summed E-state index contributed by atoms with van der Waals surface area (Å²) in [4.78, 5) is 23.5. The number of carboxylic acid groups (broad SMARTS) is 1. The minimum atomic E-state index is -4.14. The Labute approximate surface area is 308 Å². The van der Waals surface area contributed by atoms with Crippen molar-refractivity contribution in [3.05, 3.63) is 107 Å². The van der Waals surface area contributed by atoms with Crippen molar-refractivity contribution >= 4 is 22.1 Å². The number of nitrogens with one attached hydrogen (secondary N) is 1. The lowest BCUT2D eigenvalue weighted by Crippen LogP contribution is -2.45. The highest BCUT2D eigenvalue weighted by Crippen LogP contribution is 2.32. The Hall–Kier alpha value is -4.32. The second-order valence-electron chi connectivity index (χ2n) is 14.4. The van der Waals surface area contributed by atoms with Crippen LogP contribution in [0.4, 0.5) is 5.95 Å². The highest BCUT2D eigenvalue weighted by Gasteiger charge is 2.33. The minimum Gasteiger partial charge on any atom is -0.481 e. The zero-order valence-corrected chi connectivity index (χ0v) is 31.1. The Morgan fingerprint density at radius 2 is 1.52 bits per heavy atom. The number of hydrogen-bond donors (Lipinski definition) is 2. The molecule has 1 saturated heterocycles. The van der Waals surface area contributed by atoms with E-state index in [1.807, 2.05) is 44.2 Å². The average molecular weight is 726 g/mol. The van der Waals surface area contributed by atoms with Crippen molar-refractivity contribution in [3.8, 4) is 17.1 Å². The number of aromatic nitrogens is 2. The summed E-state index contributed by atoms with van der Waals surface area (Å²) in [6, 6.07) is 28.9. The number of carbonyl (C=O) groups is 1. The van der Waals surface area contributed by atoms with Crippen LogP contribution < -0.4 is 9.46 Å². The summed E-state index contributed by atoms with van der Waals surface area (Å²) in [5, 5.41) is 9.59. The molecule has 1 aliphatic carbocycles. The standard InChI is InChI=1S/C41H51N5O5S/c1-30-14-12-15-31(2)39(30)37-25-38(43-41(42-37)44-52(49,50)46-23-13-22-35(28-46)40(47)48)51-29-36(24-32-16-6-3-7-17-32)45(26-33-18-8-4-9-19-33)27-34-20-10-5-11-21-34/h4-5,8-12,14-15,18-21,25,32,35-36H,3,6-7,13,16-17,22-24,26-29H2,1-2H3,(H,47,48)(H,42,43,44)/t35?,36-/m1/s1. The molecular weight excluding hydrogens is 675 g/mol. The van der Waals surface area contributed by atoms with Gasteiger partial charge in [-0.25, -0.2) is 9.71 Å². The van der Waals surface area contributed by atoms with Gasteiger partial charge in [0.2, 0.25) is 11.8 Å². The molecule has 2 aliphatic rings. The van der Waals surface area contributed by atoms with Crippen LogP contribution in [0.1, 0.15) is 73.6 Å². The molecule has 2 N–H and O–H groups in total. The van der Waals surface area contributed by atoms with Gasteiger partial charge in [0, 0.05) is 43.9 Å². The molecule has 10 nitrogen and oxygen atoms in total. The van der Waals surface area contributed by atoms with Gasteiger partial charge in [-0.05, 0) is 61.3 Å². The molecule has 2 fully saturated rings. The van der Waals surface area contributed by atoms with Gasteiger partial charge in [-0.2, -0.15) is 17.7 Å². The van der Waals surface area contributed by atoms with Gasteiger partial charge >= 0.3 is 16.2 Å². The minimum absolute atomic E-state index is 0.0589. The van der Waals surface area contributed by atoms with E-state index in [0.717, 1.165) is 36.2 Å². The van der Waals surface area contributed by atoms with E-state index >= 15 is 0 Å². The second kappa shape index (κ2) is 17.5. The molecule has 276 valence electrons. The molecule has 0 spiro atoms. The van der Waals surface area contributed by atoms with Crippen LogP contribution in [0.3, 0.4) is 0 Å². The van der Waals surface area contributed by atoms with Gasteiger partial charge in [-0.1, -0.05) is 111 Å². The van der Waals surface area contributed by atoms with Crippen LogP contribution >= 0.6 is 0 Å². The summed E-state index contributed by atoms with van der Waals surface area (Å²) < 4.78 is 37.7. The third-order valence-electron chi connectivity index (χ3n) is 10.5. The van der Waals surface area contributed by atoms with E-state index in [1.54, 1.807) is 6.07 Å². The molecule has 0 amide bonds. The highest BCUT2D eigenvalue weighted by atomic mass is 32.2. The monoisotopic (exact) mass is 725 g/mol. The molecule has 1 unspecified atom stereocenters. The summed E-state index contributed by atoms with van der Waals surface area (Å²) in [5.74, 6) is -1.00. The second-order valence-corrected chi connectivity index (χ2v) is 16.1. The molecule has 3 aromatic carbocycles. The van der Waals surface area contributed by atoms with E-state index in [1.165, 1.54) is 47.5 Å². The first-order valence-electron chi connectivity index (χ1n) is 18.6. The smallest absolute Gasteiger partial charge is 0.307 e. The number of anilines is 1. The number of aryl methyl sites for hydroxylation is 2. The van der Waals surface area contributed by atoms with E-state index in [4.69, 9.17) is 9.72 Å². The van der Waals surface area contributed by atoms with E-state index < -0.39 is 22.1 Å². The predicted octanol–water partition coefficient (Wildman–Crippen LogP) is 7.63. The van der Waals surface area contributed by atoms with Gasteiger partial charge in [0.05, 0.1) is 11.6 Å². The Bertz CT molecular complexity index is 1820. The zero-order valence-electron chi connectivity index (χ0n) is 30.3. The number of nitrogens with zero attached hydrogens (tertiary/aromatic N) is 4. The zero-order chi connectivity index (χ0) is 36.5. The molecule has 2 heterocycles. The molecule has 6 rings (SSSR count). The van der Waals surface area contributed by atoms with Crippen molar-refractivity contribution in [2.75, 3.05) is 24.4 Å². The van der Waals surface area contributed by atoms with Crippen LogP contribution in [0.25, 0.3) is 11.3 Å². The third kappa shape index (κ3) is 9.96. The molecule has 0 radical (unpaired) electrons. The highest BCUT2D eigenvalue weighted by molar-refractivity contribution is 7.90. The lowest BCUT2D eigenvalue weighted by molar-refractivity contribution is -0.142. The largest absolute Gasteiger partial charge is 0.481 e. The predicted molar refractivity (Wildman–Crippen MR) is 204 cm³/mol. The van der Waals surface area contributed by atoms with Crippen LogP contribution in [0.5, 0.6) is 5.88 Å². The van der Waals surface area contributed by atoms with Crippen LogP contribution in [0, 0.1) is 25.7 Å². The van der Waals surface area contributed by atoms with Gasteiger partial charge in [0.1, 0.15) is 6.61 Å². The molecule has 11 heteroatoms. The lowest BCUT2D eigenvalue weighted by Gasteiger charge is -2.35. The normalized spacial score (nSPS) is 17.9.